The first kappa shape index (κ1) is 28.8. The summed E-state index contributed by atoms with van der Waals surface area (Å²) in [6.45, 7) is 2.14. The minimum Gasteiger partial charge on any atom is -0.496 e. The maximum absolute atomic E-state index is 12.7. The number of benzene rings is 3. The lowest BCUT2D eigenvalue weighted by Gasteiger charge is -2.57. The molecule has 0 unspecified atom stereocenters. The number of rotatable bonds is 11. The molecule has 8 nitrogen and oxygen atoms in total. The van der Waals surface area contributed by atoms with E-state index in [0.29, 0.717) is 40.4 Å². The molecule has 224 valence electrons. The van der Waals surface area contributed by atoms with Crippen LogP contribution < -0.4 is 25.0 Å². The molecule has 0 atom stereocenters. The van der Waals surface area contributed by atoms with Gasteiger partial charge in [0.1, 0.15) is 5.75 Å². The van der Waals surface area contributed by atoms with Gasteiger partial charge < -0.3 is 19.5 Å². The zero-order valence-electron chi connectivity index (χ0n) is 24.8. The highest BCUT2D eigenvalue weighted by atomic mass is 16.5. The number of hydrogen-bond acceptors (Lipinski definition) is 6. The van der Waals surface area contributed by atoms with Crippen molar-refractivity contribution in [1.82, 2.24) is 5.43 Å². The van der Waals surface area contributed by atoms with Crippen molar-refractivity contribution < 1.29 is 23.8 Å². The molecule has 0 radical (unpaired) electrons. The first-order valence-electron chi connectivity index (χ1n) is 15.2. The highest BCUT2D eigenvalue weighted by molar-refractivity contribution is 5.97. The van der Waals surface area contributed by atoms with E-state index in [2.05, 4.69) is 28.0 Å². The van der Waals surface area contributed by atoms with Gasteiger partial charge in [-0.3, -0.25) is 9.59 Å². The van der Waals surface area contributed by atoms with Crippen molar-refractivity contribution >= 4 is 23.7 Å². The molecule has 3 aromatic carbocycles. The summed E-state index contributed by atoms with van der Waals surface area (Å²) in [4.78, 5) is 25.2. The lowest BCUT2D eigenvalue weighted by Crippen LogP contribution is -2.48. The van der Waals surface area contributed by atoms with Crippen molar-refractivity contribution in [3.8, 4) is 17.2 Å². The van der Waals surface area contributed by atoms with Gasteiger partial charge in [0, 0.05) is 5.69 Å². The standard InChI is InChI=1S/C35H39N3O5/c1-3-42-32-17-23(21-36-38-34(40)29-6-4-5-7-30(29)41-2)8-13-31(32)43-22-33(39)37-28-11-9-27(10-12-28)35-18-24-14-25(19-35)16-26(15-24)20-35/h4-13,17,21,24-26H,3,14-16,18-20,22H2,1-2H3,(H,37,39)(H,38,40)/b36-21-. The van der Waals surface area contributed by atoms with Gasteiger partial charge in [-0.15, -0.1) is 0 Å². The van der Waals surface area contributed by atoms with Crippen molar-refractivity contribution in [3.05, 3.63) is 83.4 Å². The van der Waals surface area contributed by atoms with Crippen LogP contribution >= 0.6 is 0 Å². The Morgan fingerprint density at radius 2 is 1.58 bits per heavy atom. The molecule has 43 heavy (non-hydrogen) atoms. The zero-order chi connectivity index (χ0) is 29.8. The molecule has 4 aliphatic rings. The summed E-state index contributed by atoms with van der Waals surface area (Å²) in [5.74, 6) is 3.47. The van der Waals surface area contributed by atoms with Crippen LogP contribution in [0.5, 0.6) is 17.2 Å². The molecule has 0 spiro atoms. The smallest absolute Gasteiger partial charge is 0.275 e. The SMILES string of the molecule is CCOc1cc(/C=N\NC(=O)c2ccccc2OC)ccc1OCC(=O)Nc1ccc(C23CC4CC(CC(C4)C2)C3)cc1. The van der Waals surface area contributed by atoms with Crippen LogP contribution in [0.4, 0.5) is 5.69 Å². The van der Waals surface area contributed by atoms with Crippen molar-refractivity contribution in [2.75, 3.05) is 25.6 Å². The van der Waals surface area contributed by atoms with Crippen LogP contribution in [-0.2, 0) is 10.2 Å². The van der Waals surface area contributed by atoms with E-state index in [9.17, 15) is 9.59 Å². The van der Waals surface area contributed by atoms with Gasteiger partial charge in [-0.05, 0) is 122 Å². The number of carbonyl (C=O) groups is 2. The molecule has 2 amide bonds. The number of carbonyl (C=O) groups excluding carboxylic acids is 2. The molecule has 4 saturated carbocycles. The number of amides is 2. The Kier molecular flexibility index (Phi) is 8.36. The van der Waals surface area contributed by atoms with Crippen molar-refractivity contribution in [2.24, 2.45) is 22.9 Å². The molecule has 0 saturated heterocycles. The molecule has 7 rings (SSSR count). The van der Waals surface area contributed by atoms with Gasteiger partial charge >= 0.3 is 0 Å². The number of nitrogens with zero attached hydrogens (tertiary/aromatic N) is 1. The van der Waals surface area contributed by atoms with Crippen LogP contribution in [0.15, 0.2) is 71.8 Å². The minimum absolute atomic E-state index is 0.154. The first-order valence-corrected chi connectivity index (χ1v) is 15.2. The van der Waals surface area contributed by atoms with E-state index in [4.69, 9.17) is 14.2 Å². The molecule has 0 heterocycles. The Morgan fingerprint density at radius 1 is 0.884 bits per heavy atom. The molecule has 4 fully saturated rings. The summed E-state index contributed by atoms with van der Waals surface area (Å²) in [7, 11) is 1.51. The topological polar surface area (TPSA) is 98.2 Å². The lowest BCUT2D eigenvalue weighted by molar-refractivity contribution is -0.118. The first-order chi connectivity index (χ1) is 20.9. The van der Waals surface area contributed by atoms with Gasteiger partial charge in [-0.25, -0.2) is 5.43 Å². The third-order valence-electron chi connectivity index (χ3n) is 9.18. The predicted octanol–water partition coefficient (Wildman–Crippen LogP) is 6.34. The third kappa shape index (κ3) is 6.38. The second kappa shape index (κ2) is 12.5. The minimum atomic E-state index is -0.382. The van der Waals surface area contributed by atoms with E-state index in [1.807, 2.05) is 19.1 Å². The monoisotopic (exact) mass is 581 g/mol. The fraction of sp³-hybridized carbons (Fsp3) is 0.400. The average molecular weight is 582 g/mol. The van der Waals surface area contributed by atoms with Gasteiger partial charge in [0.05, 0.1) is 25.5 Å². The number of nitrogens with one attached hydrogen (secondary N) is 2. The second-order valence-corrected chi connectivity index (χ2v) is 12.2. The fourth-order valence-electron chi connectivity index (χ4n) is 7.76. The molecular weight excluding hydrogens is 542 g/mol. The van der Waals surface area contributed by atoms with Gasteiger partial charge in [0.15, 0.2) is 18.1 Å². The largest absolute Gasteiger partial charge is 0.496 e. The second-order valence-electron chi connectivity index (χ2n) is 12.2. The number of hydrazone groups is 1. The number of para-hydroxylation sites is 1. The molecular formula is C35H39N3O5. The molecule has 0 aromatic heterocycles. The summed E-state index contributed by atoms with van der Waals surface area (Å²) in [6, 6.07) is 20.7. The fourth-order valence-corrected chi connectivity index (χ4v) is 7.76. The summed E-state index contributed by atoms with van der Waals surface area (Å²) >= 11 is 0. The Labute approximate surface area is 252 Å². The summed E-state index contributed by atoms with van der Waals surface area (Å²) in [5, 5.41) is 7.02. The summed E-state index contributed by atoms with van der Waals surface area (Å²) in [5.41, 5.74) is 6.14. The third-order valence-corrected chi connectivity index (χ3v) is 9.18. The Morgan fingerprint density at radius 3 is 2.26 bits per heavy atom. The van der Waals surface area contributed by atoms with E-state index in [1.165, 1.54) is 57.4 Å². The molecule has 3 aromatic rings. The predicted molar refractivity (Wildman–Crippen MR) is 166 cm³/mol. The molecule has 8 heteroatoms. The quantitative estimate of drug-likeness (QED) is 0.203. The molecule has 0 aliphatic heterocycles. The van der Waals surface area contributed by atoms with Crippen molar-refractivity contribution in [1.29, 1.82) is 0 Å². The molecule has 4 aliphatic carbocycles. The van der Waals surface area contributed by atoms with E-state index >= 15 is 0 Å². The van der Waals surface area contributed by atoms with Gasteiger partial charge in [0.2, 0.25) is 0 Å². The molecule has 2 N–H and O–H groups in total. The highest BCUT2D eigenvalue weighted by Crippen LogP contribution is 2.60. The van der Waals surface area contributed by atoms with E-state index in [-0.39, 0.29) is 18.4 Å². The van der Waals surface area contributed by atoms with Gasteiger partial charge in [-0.1, -0.05) is 24.3 Å². The van der Waals surface area contributed by atoms with Gasteiger partial charge in [-0.2, -0.15) is 5.10 Å². The normalized spacial score (nSPS) is 23.6. The Balaban J connectivity index is 1.03. The van der Waals surface area contributed by atoms with Gasteiger partial charge in [0.25, 0.3) is 11.8 Å². The maximum Gasteiger partial charge on any atom is 0.275 e. The number of ether oxygens (including phenoxy) is 3. The van der Waals surface area contributed by atoms with E-state index < -0.39 is 0 Å². The van der Waals surface area contributed by atoms with Crippen molar-refractivity contribution in [2.45, 2.75) is 50.9 Å². The van der Waals surface area contributed by atoms with E-state index in [1.54, 1.807) is 42.5 Å². The Bertz CT molecular complexity index is 1460. The van der Waals surface area contributed by atoms with Crippen LogP contribution in [0, 0.1) is 17.8 Å². The van der Waals surface area contributed by atoms with Crippen LogP contribution in [0.1, 0.15) is 66.9 Å². The number of anilines is 1. The summed E-state index contributed by atoms with van der Waals surface area (Å²) in [6.07, 6.45) is 9.77. The number of hydrogen-bond donors (Lipinski definition) is 2. The van der Waals surface area contributed by atoms with Crippen LogP contribution in [0.25, 0.3) is 0 Å². The Hall–Kier alpha value is -4.33. The van der Waals surface area contributed by atoms with Crippen LogP contribution in [-0.4, -0.2) is 38.4 Å². The van der Waals surface area contributed by atoms with Crippen LogP contribution in [0.2, 0.25) is 0 Å². The van der Waals surface area contributed by atoms with Crippen molar-refractivity contribution in [3.63, 3.8) is 0 Å². The highest BCUT2D eigenvalue weighted by Gasteiger charge is 2.51. The summed E-state index contributed by atoms with van der Waals surface area (Å²) < 4.78 is 16.8. The average Bonchev–Trinajstić information content (AvgIpc) is 3.00. The van der Waals surface area contributed by atoms with E-state index in [0.717, 1.165) is 23.4 Å². The molecule has 4 bridgehead atoms. The maximum atomic E-state index is 12.7. The zero-order valence-corrected chi connectivity index (χ0v) is 24.8. The lowest BCUT2D eigenvalue weighted by atomic mass is 9.48. The number of methoxy groups -OCH3 is 1. The van der Waals surface area contributed by atoms with Crippen LogP contribution in [0.3, 0.4) is 0 Å².